The molecule has 0 saturated carbocycles. The van der Waals surface area contributed by atoms with Crippen molar-refractivity contribution in [2.75, 3.05) is 34.0 Å². The topological polar surface area (TPSA) is 85.3 Å². The number of nitrogens with zero attached hydrogens (tertiary/aromatic N) is 1. The van der Waals surface area contributed by atoms with Crippen LogP contribution in [0.25, 0.3) is 5.76 Å². The standard InChI is InChI=1S/C25H28ClNO6/c1-5-33-17-9-6-8-16(14-17)21-20(23(29)25(30)27(21)10-7-11-31-3)22(28)18-12-15(2)13-19(26)24(18)32-4/h6,8-9,12-14,21,28H,5,7,10-11H2,1-4H3/b22-20+. The highest BCUT2D eigenvalue weighted by Gasteiger charge is 2.46. The Labute approximate surface area is 198 Å². The summed E-state index contributed by atoms with van der Waals surface area (Å²) in [6, 6.07) is 9.74. The molecule has 3 rings (SSSR count). The molecule has 2 aromatic rings. The summed E-state index contributed by atoms with van der Waals surface area (Å²) in [5.74, 6) is -0.953. The summed E-state index contributed by atoms with van der Waals surface area (Å²) in [6.45, 7) is 4.86. The number of amides is 1. The van der Waals surface area contributed by atoms with Gasteiger partial charge in [0.1, 0.15) is 17.3 Å². The van der Waals surface area contributed by atoms with Crippen molar-refractivity contribution in [1.29, 1.82) is 0 Å². The molecule has 1 saturated heterocycles. The third-order valence-corrected chi connectivity index (χ3v) is 5.70. The fourth-order valence-electron chi connectivity index (χ4n) is 4.03. The first kappa shape index (κ1) is 24.6. The van der Waals surface area contributed by atoms with Gasteiger partial charge >= 0.3 is 0 Å². The number of Topliss-reactive ketones (excluding diaryl/α,β-unsaturated/α-hetero) is 1. The first-order valence-corrected chi connectivity index (χ1v) is 11.1. The summed E-state index contributed by atoms with van der Waals surface area (Å²) < 4.78 is 16.1. The third kappa shape index (κ3) is 4.99. The van der Waals surface area contributed by atoms with Crippen LogP contribution >= 0.6 is 11.6 Å². The first-order valence-electron chi connectivity index (χ1n) is 10.7. The number of likely N-dealkylation sites (tertiary alicyclic amines) is 1. The summed E-state index contributed by atoms with van der Waals surface area (Å²) in [5, 5.41) is 11.6. The normalized spacial score (nSPS) is 17.5. The molecule has 1 N–H and O–H groups in total. The Bertz CT molecular complexity index is 1080. The lowest BCUT2D eigenvalue weighted by Crippen LogP contribution is -2.31. The van der Waals surface area contributed by atoms with E-state index in [0.717, 1.165) is 5.56 Å². The number of carbonyl (C=O) groups is 2. The van der Waals surface area contributed by atoms with Gasteiger partial charge in [-0.25, -0.2) is 0 Å². The Balaban J connectivity index is 2.22. The zero-order valence-corrected chi connectivity index (χ0v) is 19.9. The average molecular weight is 474 g/mol. The molecule has 2 aromatic carbocycles. The molecular formula is C25H28ClNO6. The molecule has 0 aromatic heterocycles. The van der Waals surface area contributed by atoms with Gasteiger partial charge in [-0.3, -0.25) is 9.59 Å². The quantitative estimate of drug-likeness (QED) is 0.249. The van der Waals surface area contributed by atoms with Gasteiger partial charge in [0.25, 0.3) is 11.7 Å². The van der Waals surface area contributed by atoms with E-state index in [1.807, 2.05) is 13.8 Å². The van der Waals surface area contributed by atoms with E-state index >= 15 is 0 Å². The van der Waals surface area contributed by atoms with Gasteiger partial charge in [0.2, 0.25) is 0 Å². The summed E-state index contributed by atoms with van der Waals surface area (Å²) in [6.07, 6.45) is 0.533. The van der Waals surface area contributed by atoms with Gasteiger partial charge in [-0.15, -0.1) is 0 Å². The molecule has 1 unspecified atom stereocenters. The molecule has 7 nitrogen and oxygen atoms in total. The number of hydrogen-bond donors (Lipinski definition) is 1. The Morgan fingerprint density at radius 2 is 1.94 bits per heavy atom. The van der Waals surface area contributed by atoms with Crippen molar-refractivity contribution < 1.29 is 28.9 Å². The van der Waals surface area contributed by atoms with Crippen molar-refractivity contribution >= 4 is 29.1 Å². The fraction of sp³-hybridized carbons (Fsp3) is 0.360. The van der Waals surface area contributed by atoms with Crippen molar-refractivity contribution in [2.24, 2.45) is 0 Å². The maximum absolute atomic E-state index is 13.2. The van der Waals surface area contributed by atoms with Gasteiger partial charge in [-0.1, -0.05) is 23.7 Å². The molecule has 0 spiro atoms. The smallest absolute Gasteiger partial charge is 0.295 e. The number of aryl methyl sites for hydroxylation is 1. The lowest BCUT2D eigenvalue weighted by atomic mass is 9.94. The molecule has 0 radical (unpaired) electrons. The van der Waals surface area contributed by atoms with Crippen molar-refractivity contribution in [3.05, 3.63) is 63.7 Å². The maximum atomic E-state index is 13.2. The molecule has 1 aliphatic rings. The predicted octanol–water partition coefficient (Wildman–Crippen LogP) is 4.51. The highest BCUT2D eigenvalue weighted by atomic mass is 35.5. The van der Waals surface area contributed by atoms with Gasteiger partial charge in [-0.05, 0) is 55.7 Å². The summed E-state index contributed by atoms with van der Waals surface area (Å²) >= 11 is 6.32. The number of methoxy groups -OCH3 is 2. The Morgan fingerprint density at radius 3 is 2.61 bits per heavy atom. The van der Waals surface area contributed by atoms with Crippen LogP contribution in [0.15, 0.2) is 42.0 Å². The van der Waals surface area contributed by atoms with E-state index in [-0.39, 0.29) is 29.2 Å². The van der Waals surface area contributed by atoms with E-state index < -0.39 is 17.7 Å². The molecule has 1 amide bonds. The summed E-state index contributed by atoms with van der Waals surface area (Å²) in [5.41, 5.74) is 1.65. The molecule has 0 aliphatic carbocycles. The molecular weight excluding hydrogens is 446 g/mol. The van der Waals surface area contributed by atoms with Gasteiger partial charge in [0.15, 0.2) is 0 Å². The number of aliphatic hydroxyl groups is 1. The number of hydrogen-bond acceptors (Lipinski definition) is 6. The second kappa shape index (κ2) is 10.7. The van der Waals surface area contributed by atoms with Crippen LogP contribution in [0, 0.1) is 6.92 Å². The number of ketones is 1. The first-order chi connectivity index (χ1) is 15.8. The zero-order chi connectivity index (χ0) is 24.1. The third-order valence-electron chi connectivity index (χ3n) is 5.42. The minimum Gasteiger partial charge on any atom is -0.507 e. The highest BCUT2D eigenvalue weighted by Crippen LogP contribution is 2.43. The van der Waals surface area contributed by atoms with Gasteiger partial charge in [0.05, 0.1) is 35.9 Å². The molecule has 1 aliphatic heterocycles. The van der Waals surface area contributed by atoms with E-state index in [1.54, 1.807) is 43.5 Å². The number of carbonyl (C=O) groups excluding carboxylic acids is 2. The number of ether oxygens (including phenoxy) is 3. The van der Waals surface area contributed by atoms with Crippen LogP contribution in [0.4, 0.5) is 0 Å². The molecule has 1 atom stereocenters. The van der Waals surface area contributed by atoms with Crippen LogP contribution < -0.4 is 9.47 Å². The summed E-state index contributed by atoms with van der Waals surface area (Å²) in [4.78, 5) is 27.7. The highest BCUT2D eigenvalue weighted by molar-refractivity contribution is 6.46. The Hall–Kier alpha value is -3.03. The molecule has 1 heterocycles. The number of halogens is 1. The van der Waals surface area contributed by atoms with E-state index in [4.69, 9.17) is 25.8 Å². The second-order valence-electron chi connectivity index (χ2n) is 7.67. The molecule has 176 valence electrons. The van der Waals surface area contributed by atoms with Crippen molar-refractivity contribution in [3.63, 3.8) is 0 Å². The summed E-state index contributed by atoms with van der Waals surface area (Å²) in [7, 11) is 3.00. The SMILES string of the molecule is CCOc1cccc(C2/C(=C(\O)c3cc(C)cc(Cl)c3OC)C(=O)C(=O)N2CCCOC)c1. The second-order valence-corrected chi connectivity index (χ2v) is 8.08. The van der Waals surface area contributed by atoms with E-state index in [0.29, 0.717) is 36.0 Å². The largest absolute Gasteiger partial charge is 0.507 e. The lowest BCUT2D eigenvalue weighted by Gasteiger charge is -2.26. The number of benzene rings is 2. The Morgan fingerprint density at radius 1 is 1.18 bits per heavy atom. The van der Waals surface area contributed by atoms with Crippen LogP contribution in [0.1, 0.15) is 36.1 Å². The fourth-order valence-corrected chi connectivity index (χ4v) is 4.39. The number of aliphatic hydroxyl groups excluding tert-OH is 1. The monoisotopic (exact) mass is 473 g/mol. The van der Waals surface area contributed by atoms with E-state index in [2.05, 4.69) is 0 Å². The average Bonchev–Trinajstić information content (AvgIpc) is 3.04. The Kier molecular flexibility index (Phi) is 8.00. The van der Waals surface area contributed by atoms with Crippen LogP contribution in [-0.4, -0.2) is 55.7 Å². The van der Waals surface area contributed by atoms with Crippen LogP contribution in [-0.2, 0) is 14.3 Å². The molecule has 33 heavy (non-hydrogen) atoms. The van der Waals surface area contributed by atoms with Gasteiger partial charge in [-0.2, -0.15) is 0 Å². The van der Waals surface area contributed by atoms with Crippen molar-refractivity contribution in [2.45, 2.75) is 26.3 Å². The van der Waals surface area contributed by atoms with Crippen LogP contribution in [0.3, 0.4) is 0 Å². The van der Waals surface area contributed by atoms with Gasteiger partial charge < -0.3 is 24.2 Å². The minimum atomic E-state index is -0.800. The lowest BCUT2D eigenvalue weighted by molar-refractivity contribution is -0.140. The zero-order valence-electron chi connectivity index (χ0n) is 19.2. The molecule has 8 heteroatoms. The predicted molar refractivity (Wildman–Crippen MR) is 126 cm³/mol. The maximum Gasteiger partial charge on any atom is 0.295 e. The van der Waals surface area contributed by atoms with E-state index in [1.165, 1.54) is 12.0 Å². The number of rotatable bonds is 9. The molecule has 0 bridgehead atoms. The molecule has 1 fully saturated rings. The van der Waals surface area contributed by atoms with E-state index in [9.17, 15) is 14.7 Å². The van der Waals surface area contributed by atoms with Crippen molar-refractivity contribution in [3.8, 4) is 11.5 Å². The van der Waals surface area contributed by atoms with Crippen LogP contribution in [0.5, 0.6) is 11.5 Å². The van der Waals surface area contributed by atoms with Crippen LogP contribution in [0.2, 0.25) is 5.02 Å². The van der Waals surface area contributed by atoms with Gasteiger partial charge in [0, 0.05) is 20.3 Å². The minimum absolute atomic E-state index is 0.0222. The van der Waals surface area contributed by atoms with Crippen molar-refractivity contribution in [1.82, 2.24) is 4.90 Å².